The lowest BCUT2D eigenvalue weighted by atomic mass is 9.95. The largest absolute Gasteiger partial charge is 0.469 e. The maximum absolute atomic E-state index is 12.2. The van der Waals surface area contributed by atoms with Crippen molar-refractivity contribution in [2.75, 3.05) is 26.7 Å². The summed E-state index contributed by atoms with van der Waals surface area (Å²) in [4.78, 5) is 37.7. The molecular formula is C15H20N2O4S. The van der Waals surface area contributed by atoms with Gasteiger partial charge >= 0.3 is 5.97 Å². The second-order valence-corrected chi connectivity index (χ2v) is 6.11. The van der Waals surface area contributed by atoms with Gasteiger partial charge in [0.1, 0.15) is 0 Å². The Kier molecular flexibility index (Phi) is 5.94. The van der Waals surface area contributed by atoms with E-state index in [1.54, 1.807) is 4.90 Å². The number of carbonyl (C=O) groups excluding carboxylic acids is 3. The Bertz CT molecular complexity index is 522. The Hall–Kier alpha value is -1.89. The number of thiophene rings is 1. The van der Waals surface area contributed by atoms with Crippen molar-refractivity contribution in [2.24, 2.45) is 5.92 Å². The summed E-state index contributed by atoms with van der Waals surface area (Å²) in [6, 6.07) is 3.68. The van der Waals surface area contributed by atoms with Crippen molar-refractivity contribution in [1.29, 1.82) is 0 Å². The van der Waals surface area contributed by atoms with E-state index in [4.69, 9.17) is 0 Å². The van der Waals surface area contributed by atoms with Crippen LogP contribution in [-0.4, -0.2) is 49.4 Å². The molecule has 0 bridgehead atoms. The highest BCUT2D eigenvalue weighted by atomic mass is 32.1. The molecule has 2 amide bonds. The zero-order chi connectivity index (χ0) is 15.9. The first kappa shape index (κ1) is 16.5. The van der Waals surface area contributed by atoms with Crippen LogP contribution in [0.15, 0.2) is 17.5 Å². The van der Waals surface area contributed by atoms with E-state index in [-0.39, 0.29) is 30.1 Å². The molecule has 1 aliphatic rings. The highest BCUT2D eigenvalue weighted by Crippen LogP contribution is 2.20. The Labute approximate surface area is 133 Å². The third kappa shape index (κ3) is 4.30. The summed E-state index contributed by atoms with van der Waals surface area (Å²) in [5, 5.41) is 4.63. The lowest BCUT2D eigenvalue weighted by Gasteiger charge is -2.31. The number of hydrogen-bond acceptors (Lipinski definition) is 5. The molecule has 120 valence electrons. The lowest BCUT2D eigenvalue weighted by molar-refractivity contribution is -0.140. The number of nitrogens with one attached hydrogen (secondary N) is 1. The van der Waals surface area contributed by atoms with Crippen molar-refractivity contribution in [3.8, 4) is 0 Å². The van der Waals surface area contributed by atoms with E-state index >= 15 is 0 Å². The molecule has 1 aromatic rings. The SMILES string of the molecule is COC(=O)CCNC(=O)C1CCN(C(=O)c2cccs2)CC1. The van der Waals surface area contributed by atoms with Crippen molar-refractivity contribution >= 4 is 29.1 Å². The predicted octanol–water partition coefficient (Wildman–Crippen LogP) is 1.28. The maximum Gasteiger partial charge on any atom is 0.307 e. The quantitative estimate of drug-likeness (QED) is 0.828. The summed E-state index contributed by atoms with van der Waals surface area (Å²) in [7, 11) is 1.32. The van der Waals surface area contributed by atoms with Gasteiger partial charge in [0.05, 0.1) is 18.4 Å². The molecule has 1 saturated heterocycles. The molecule has 0 aromatic carbocycles. The van der Waals surface area contributed by atoms with E-state index in [1.165, 1.54) is 18.4 Å². The first-order valence-corrected chi connectivity index (χ1v) is 8.17. The van der Waals surface area contributed by atoms with Gasteiger partial charge in [-0.05, 0) is 24.3 Å². The standard InChI is InChI=1S/C15H20N2O4S/c1-21-13(18)4-7-16-14(19)11-5-8-17(9-6-11)15(20)12-3-2-10-22-12/h2-3,10-11H,4-9H2,1H3,(H,16,19). The molecule has 1 fully saturated rings. The molecular weight excluding hydrogens is 304 g/mol. The second kappa shape index (κ2) is 7.93. The zero-order valence-electron chi connectivity index (χ0n) is 12.5. The molecule has 22 heavy (non-hydrogen) atoms. The molecule has 6 nitrogen and oxygen atoms in total. The summed E-state index contributed by atoms with van der Waals surface area (Å²) in [5.74, 6) is -0.437. The van der Waals surface area contributed by atoms with Gasteiger partial charge < -0.3 is 15.0 Å². The van der Waals surface area contributed by atoms with Crippen LogP contribution < -0.4 is 5.32 Å². The van der Waals surface area contributed by atoms with Gasteiger partial charge in [-0.25, -0.2) is 0 Å². The number of likely N-dealkylation sites (tertiary alicyclic amines) is 1. The normalized spacial score (nSPS) is 15.4. The minimum Gasteiger partial charge on any atom is -0.469 e. The molecule has 0 saturated carbocycles. The Morgan fingerprint density at radius 2 is 2.09 bits per heavy atom. The van der Waals surface area contributed by atoms with Gasteiger partial charge in [0.25, 0.3) is 5.91 Å². The first-order valence-electron chi connectivity index (χ1n) is 7.29. The van der Waals surface area contributed by atoms with Gasteiger partial charge in [0.15, 0.2) is 0 Å². The van der Waals surface area contributed by atoms with Gasteiger partial charge in [0, 0.05) is 25.6 Å². The molecule has 1 aromatic heterocycles. The number of piperidine rings is 1. The Morgan fingerprint density at radius 3 is 2.68 bits per heavy atom. The number of methoxy groups -OCH3 is 1. The molecule has 0 radical (unpaired) electrons. The third-order valence-electron chi connectivity index (χ3n) is 3.74. The predicted molar refractivity (Wildman–Crippen MR) is 82.6 cm³/mol. The molecule has 0 spiro atoms. The molecule has 1 aliphatic heterocycles. The van der Waals surface area contributed by atoms with Crippen LogP contribution in [0.3, 0.4) is 0 Å². The lowest BCUT2D eigenvalue weighted by Crippen LogP contribution is -2.43. The van der Waals surface area contributed by atoms with Crippen LogP contribution in [0.4, 0.5) is 0 Å². The minimum absolute atomic E-state index is 0.0412. The molecule has 0 aliphatic carbocycles. The van der Waals surface area contributed by atoms with Crippen molar-refractivity contribution in [3.63, 3.8) is 0 Å². The van der Waals surface area contributed by atoms with Crippen LogP contribution in [-0.2, 0) is 14.3 Å². The number of esters is 1. The van der Waals surface area contributed by atoms with Crippen molar-refractivity contribution in [1.82, 2.24) is 10.2 Å². The molecule has 0 atom stereocenters. The van der Waals surface area contributed by atoms with Crippen molar-refractivity contribution in [2.45, 2.75) is 19.3 Å². The molecule has 0 unspecified atom stereocenters. The van der Waals surface area contributed by atoms with E-state index in [0.717, 1.165) is 4.88 Å². The number of rotatable bonds is 5. The smallest absolute Gasteiger partial charge is 0.307 e. The number of carbonyl (C=O) groups is 3. The highest BCUT2D eigenvalue weighted by Gasteiger charge is 2.27. The van der Waals surface area contributed by atoms with Crippen LogP contribution in [0.2, 0.25) is 0 Å². The fourth-order valence-electron chi connectivity index (χ4n) is 2.44. The van der Waals surface area contributed by atoms with Crippen molar-refractivity contribution in [3.05, 3.63) is 22.4 Å². The molecule has 1 N–H and O–H groups in total. The van der Waals surface area contributed by atoms with E-state index in [0.29, 0.717) is 32.5 Å². The maximum atomic E-state index is 12.2. The van der Waals surface area contributed by atoms with Gasteiger partial charge in [-0.3, -0.25) is 14.4 Å². The molecule has 2 heterocycles. The van der Waals surface area contributed by atoms with E-state index in [9.17, 15) is 14.4 Å². The van der Waals surface area contributed by atoms with Crippen LogP contribution in [0, 0.1) is 5.92 Å². The fourth-order valence-corrected chi connectivity index (χ4v) is 3.13. The Morgan fingerprint density at radius 1 is 1.36 bits per heavy atom. The van der Waals surface area contributed by atoms with Crippen LogP contribution in [0.5, 0.6) is 0 Å². The van der Waals surface area contributed by atoms with Crippen molar-refractivity contribution < 1.29 is 19.1 Å². The molecule has 2 rings (SSSR count). The monoisotopic (exact) mass is 324 g/mol. The number of ether oxygens (including phenoxy) is 1. The van der Waals surface area contributed by atoms with Gasteiger partial charge in [-0.15, -0.1) is 11.3 Å². The zero-order valence-corrected chi connectivity index (χ0v) is 13.4. The summed E-state index contributed by atoms with van der Waals surface area (Å²) >= 11 is 1.43. The van der Waals surface area contributed by atoms with E-state index in [2.05, 4.69) is 10.1 Å². The van der Waals surface area contributed by atoms with Gasteiger partial charge in [-0.1, -0.05) is 6.07 Å². The first-order chi connectivity index (χ1) is 10.6. The van der Waals surface area contributed by atoms with Crippen LogP contribution in [0.25, 0.3) is 0 Å². The molecule has 7 heteroatoms. The van der Waals surface area contributed by atoms with E-state index in [1.807, 2.05) is 17.5 Å². The fraction of sp³-hybridized carbons (Fsp3) is 0.533. The number of amides is 2. The topological polar surface area (TPSA) is 75.7 Å². The average molecular weight is 324 g/mol. The number of hydrogen-bond donors (Lipinski definition) is 1. The van der Waals surface area contributed by atoms with Gasteiger partial charge in [-0.2, -0.15) is 0 Å². The van der Waals surface area contributed by atoms with E-state index < -0.39 is 0 Å². The van der Waals surface area contributed by atoms with Crippen LogP contribution in [0.1, 0.15) is 28.9 Å². The summed E-state index contributed by atoms with van der Waals surface area (Å²) in [6.07, 6.45) is 1.49. The summed E-state index contributed by atoms with van der Waals surface area (Å²) in [6.45, 7) is 1.47. The Balaban J connectivity index is 1.73. The minimum atomic E-state index is -0.336. The van der Waals surface area contributed by atoms with Gasteiger partial charge in [0.2, 0.25) is 5.91 Å². The summed E-state index contributed by atoms with van der Waals surface area (Å²) in [5.41, 5.74) is 0. The van der Waals surface area contributed by atoms with Crippen LogP contribution >= 0.6 is 11.3 Å². The number of nitrogens with zero attached hydrogens (tertiary/aromatic N) is 1. The summed E-state index contributed by atoms with van der Waals surface area (Å²) < 4.78 is 4.52. The third-order valence-corrected chi connectivity index (χ3v) is 4.60. The second-order valence-electron chi connectivity index (χ2n) is 5.16. The highest BCUT2D eigenvalue weighted by molar-refractivity contribution is 7.12. The average Bonchev–Trinajstić information content (AvgIpc) is 3.08.